The van der Waals surface area contributed by atoms with Crippen molar-refractivity contribution in [2.45, 2.75) is 71.9 Å². The van der Waals surface area contributed by atoms with E-state index >= 15 is 0 Å². The minimum absolute atomic E-state index is 0.0133. The first-order valence-corrected chi connectivity index (χ1v) is 8.02. The molecule has 2 amide bonds. The highest BCUT2D eigenvalue weighted by molar-refractivity contribution is 5.76. The standard InChI is InChI=1S/C16H30N2O3/c1-6-8-12-9-13(11-18(10-12)14(19)7-2)17-15(20)21-16(3,4)5/h12-13H,6-11H2,1-5H3,(H,17,20). The number of ether oxygens (including phenoxy) is 1. The number of hydrogen-bond donors (Lipinski definition) is 1. The van der Waals surface area contributed by atoms with Crippen molar-refractivity contribution >= 4 is 12.0 Å². The van der Waals surface area contributed by atoms with E-state index in [4.69, 9.17) is 4.74 Å². The van der Waals surface area contributed by atoms with Crippen LogP contribution in [0.1, 0.15) is 60.3 Å². The Morgan fingerprint density at radius 2 is 1.90 bits per heavy atom. The van der Waals surface area contributed by atoms with E-state index in [2.05, 4.69) is 12.2 Å². The fourth-order valence-corrected chi connectivity index (χ4v) is 2.83. The molecule has 1 N–H and O–H groups in total. The summed E-state index contributed by atoms with van der Waals surface area (Å²) in [4.78, 5) is 25.7. The molecule has 1 aliphatic rings. The van der Waals surface area contributed by atoms with Crippen LogP contribution < -0.4 is 5.32 Å². The summed E-state index contributed by atoms with van der Waals surface area (Å²) in [6.45, 7) is 11.0. The Balaban J connectivity index is 2.62. The normalized spacial score (nSPS) is 22.8. The Hall–Kier alpha value is -1.26. The second-order valence-corrected chi connectivity index (χ2v) is 6.89. The van der Waals surface area contributed by atoms with Gasteiger partial charge >= 0.3 is 6.09 Å². The predicted molar refractivity (Wildman–Crippen MR) is 83.0 cm³/mol. The molecule has 5 heteroatoms. The number of piperidine rings is 1. The van der Waals surface area contributed by atoms with Gasteiger partial charge in [-0.3, -0.25) is 4.79 Å². The van der Waals surface area contributed by atoms with Crippen LogP contribution in [-0.2, 0) is 9.53 Å². The highest BCUT2D eigenvalue weighted by Crippen LogP contribution is 2.22. The number of hydrogen-bond acceptors (Lipinski definition) is 3. The van der Waals surface area contributed by atoms with Gasteiger partial charge in [0.1, 0.15) is 5.60 Å². The van der Waals surface area contributed by atoms with Crippen LogP contribution in [0.15, 0.2) is 0 Å². The van der Waals surface area contributed by atoms with E-state index in [1.54, 1.807) is 0 Å². The highest BCUT2D eigenvalue weighted by Gasteiger charge is 2.30. The molecule has 0 spiro atoms. The molecule has 0 radical (unpaired) electrons. The van der Waals surface area contributed by atoms with Crippen LogP contribution >= 0.6 is 0 Å². The molecule has 0 aromatic carbocycles. The number of amides is 2. The molecule has 0 aromatic rings. The molecule has 1 aliphatic heterocycles. The van der Waals surface area contributed by atoms with Crippen LogP contribution in [0.4, 0.5) is 4.79 Å². The molecule has 0 bridgehead atoms. The van der Waals surface area contributed by atoms with Crippen LogP contribution in [0.25, 0.3) is 0 Å². The first kappa shape index (κ1) is 17.8. The van der Waals surface area contributed by atoms with Crippen LogP contribution in [0, 0.1) is 5.92 Å². The van der Waals surface area contributed by atoms with E-state index < -0.39 is 11.7 Å². The molecule has 122 valence electrons. The third-order valence-electron chi connectivity index (χ3n) is 3.61. The zero-order chi connectivity index (χ0) is 16.0. The maximum absolute atomic E-state index is 12.0. The van der Waals surface area contributed by atoms with E-state index in [0.717, 1.165) is 25.8 Å². The molecule has 2 atom stereocenters. The Morgan fingerprint density at radius 1 is 1.24 bits per heavy atom. The average molecular weight is 298 g/mol. The van der Waals surface area contributed by atoms with Gasteiger partial charge in [-0.05, 0) is 39.5 Å². The third-order valence-corrected chi connectivity index (χ3v) is 3.61. The molecular formula is C16H30N2O3. The van der Waals surface area contributed by atoms with E-state index in [1.165, 1.54) is 0 Å². The van der Waals surface area contributed by atoms with Gasteiger partial charge in [-0.25, -0.2) is 4.79 Å². The number of rotatable bonds is 4. The molecular weight excluding hydrogens is 268 g/mol. The van der Waals surface area contributed by atoms with Crippen LogP contribution in [-0.4, -0.2) is 41.6 Å². The quantitative estimate of drug-likeness (QED) is 0.868. The van der Waals surface area contributed by atoms with Gasteiger partial charge in [0.05, 0.1) is 6.04 Å². The Labute approximate surface area is 128 Å². The highest BCUT2D eigenvalue weighted by atomic mass is 16.6. The lowest BCUT2D eigenvalue weighted by Crippen LogP contribution is -2.53. The molecule has 0 aliphatic carbocycles. The number of alkyl carbamates (subject to hydrolysis) is 1. The van der Waals surface area contributed by atoms with E-state index in [0.29, 0.717) is 18.9 Å². The van der Waals surface area contributed by atoms with Gasteiger partial charge in [-0.15, -0.1) is 0 Å². The van der Waals surface area contributed by atoms with Crippen molar-refractivity contribution in [3.8, 4) is 0 Å². The van der Waals surface area contributed by atoms with Gasteiger partial charge in [0.15, 0.2) is 0 Å². The predicted octanol–water partition coefficient (Wildman–Crippen LogP) is 2.94. The summed E-state index contributed by atoms with van der Waals surface area (Å²) in [5.41, 5.74) is -0.500. The maximum Gasteiger partial charge on any atom is 0.407 e. The zero-order valence-corrected chi connectivity index (χ0v) is 14.1. The van der Waals surface area contributed by atoms with Gasteiger partial charge in [0.25, 0.3) is 0 Å². The second-order valence-electron chi connectivity index (χ2n) is 6.89. The van der Waals surface area contributed by atoms with Crippen LogP contribution in [0.3, 0.4) is 0 Å². The molecule has 5 nitrogen and oxygen atoms in total. The molecule has 0 aromatic heterocycles. The van der Waals surface area contributed by atoms with Crippen molar-refractivity contribution in [1.82, 2.24) is 10.2 Å². The van der Waals surface area contributed by atoms with Crippen molar-refractivity contribution < 1.29 is 14.3 Å². The van der Waals surface area contributed by atoms with Crippen molar-refractivity contribution in [3.05, 3.63) is 0 Å². The number of likely N-dealkylation sites (tertiary alicyclic amines) is 1. The van der Waals surface area contributed by atoms with Gasteiger partial charge in [-0.2, -0.15) is 0 Å². The van der Waals surface area contributed by atoms with Crippen LogP contribution in [0.2, 0.25) is 0 Å². The number of nitrogens with one attached hydrogen (secondary N) is 1. The first-order chi connectivity index (χ1) is 9.75. The van der Waals surface area contributed by atoms with E-state index in [9.17, 15) is 9.59 Å². The van der Waals surface area contributed by atoms with Crippen molar-refractivity contribution in [2.75, 3.05) is 13.1 Å². The summed E-state index contributed by atoms with van der Waals surface area (Å²) in [5.74, 6) is 0.617. The summed E-state index contributed by atoms with van der Waals surface area (Å²) >= 11 is 0. The van der Waals surface area contributed by atoms with E-state index in [-0.39, 0.29) is 11.9 Å². The molecule has 2 unspecified atom stereocenters. The summed E-state index contributed by atoms with van der Waals surface area (Å²) < 4.78 is 5.30. The molecule has 1 fully saturated rings. The lowest BCUT2D eigenvalue weighted by molar-refractivity contribution is -0.133. The second kappa shape index (κ2) is 7.66. The zero-order valence-electron chi connectivity index (χ0n) is 14.1. The molecule has 1 saturated heterocycles. The molecule has 0 saturated carbocycles. The smallest absolute Gasteiger partial charge is 0.407 e. The molecule has 1 rings (SSSR count). The van der Waals surface area contributed by atoms with Crippen LogP contribution in [0.5, 0.6) is 0 Å². The van der Waals surface area contributed by atoms with Gasteiger partial charge in [0.2, 0.25) is 5.91 Å². The topological polar surface area (TPSA) is 58.6 Å². The number of carbonyl (C=O) groups is 2. The minimum atomic E-state index is -0.500. The number of carbonyl (C=O) groups excluding carboxylic acids is 2. The lowest BCUT2D eigenvalue weighted by atomic mass is 9.90. The van der Waals surface area contributed by atoms with Gasteiger partial charge in [-0.1, -0.05) is 20.3 Å². The molecule has 21 heavy (non-hydrogen) atoms. The monoisotopic (exact) mass is 298 g/mol. The molecule has 1 heterocycles. The Bertz CT molecular complexity index is 363. The van der Waals surface area contributed by atoms with Crippen molar-refractivity contribution in [3.63, 3.8) is 0 Å². The summed E-state index contributed by atoms with van der Waals surface area (Å²) in [5, 5.41) is 2.92. The average Bonchev–Trinajstić information content (AvgIpc) is 2.35. The van der Waals surface area contributed by atoms with Gasteiger partial charge < -0.3 is 15.0 Å². The Morgan fingerprint density at radius 3 is 2.43 bits per heavy atom. The summed E-state index contributed by atoms with van der Waals surface area (Å²) in [6.07, 6.45) is 3.21. The largest absolute Gasteiger partial charge is 0.444 e. The lowest BCUT2D eigenvalue weighted by Gasteiger charge is -2.38. The fraction of sp³-hybridized carbons (Fsp3) is 0.875. The maximum atomic E-state index is 12.0. The van der Waals surface area contributed by atoms with E-state index in [1.807, 2.05) is 32.6 Å². The summed E-state index contributed by atoms with van der Waals surface area (Å²) in [6, 6.07) is -0.0133. The van der Waals surface area contributed by atoms with Crippen molar-refractivity contribution in [2.24, 2.45) is 5.92 Å². The first-order valence-electron chi connectivity index (χ1n) is 8.02. The minimum Gasteiger partial charge on any atom is -0.444 e. The third kappa shape index (κ3) is 6.36. The fourth-order valence-electron chi connectivity index (χ4n) is 2.83. The summed E-state index contributed by atoms with van der Waals surface area (Å²) in [7, 11) is 0. The van der Waals surface area contributed by atoms with Crippen molar-refractivity contribution in [1.29, 1.82) is 0 Å². The SMILES string of the molecule is CCCC1CC(NC(=O)OC(C)(C)C)CN(C(=O)CC)C1. The number of nitrogens with zero attached hydrogens (tertiary/aromatic N) is 1. The van der Waals surface area contributed by atoms with Gasteiger partial charge in [0, 0.05) is 19.5 Å². The Kier molecular flexibility index (Phi) is 6.49.